The fraction of sp³-hybridized carbons (Fsp3) is 0.154. The van der Waals surface area contributed by atoms with Crippen LogP contribution >= 0.6 is 0 Å². The predicted molar refractivity (Wildman–Crippen MR) is 121 cm³/mol. The molecule has 2 aromatic heterocycles. The van der Waals surface area contributed by atoms with E-state index in [0.29, 0.717) is 10.8 Å². The van der Waals surface area contributed by atoms with Crippen molar-refractivity contribution in [2.24, 2.45) is 0 Å². The van der Waals surface area contributed by atoms with Crippen LogP contribution < -0.4 is 4.74 Å². The van der Waals surface area contributed by atoms with E-state index in [4.69, 9.17) is 9.15 Å². The molecule has 0 amide bonds. The van der Waals surface area contributed by atoms with Crippen molar-refractivity contribution in [2.45, 2.75) is 24.7 Å². The largest absolute Gasteiger partial charge is 0.463 e. The average molecular weight is 610 g/mol. The van der Waals surface area contributed by atoms with E-state index in [9.17, 15) is 52.7 Å². The second-order valence-electron chi connectivity index (χ2n) is 8.72. The van der Waals surface area contributed by atoms with Crippen LogP contribution in [0.5, 0.6) is 11.6 Å². The van der Waals surface area contributed by atoms with Crippen molar-refractivity contribution in [3.8, 4) is 23.1 Å². The monoisotopic (exact) mass is 610 g/mol. The maximum atomic E-state index is 14.1. The Hall–Kier alpha value is -4.50. The summed E-state index contributed by atoms with van der Waals surface area (Å²) in [5.41, 5.74) is -12.8. The number of hydrogen-bond acceptors (Lipinski definition) is 4. The van der Waals surface area contributed by atoms with Gasteiger partial charge >= 0.3 is 24.7 Å². The highest BCUT2D eigenvalue weighted by Gasteiger charge is 2.55. The second kappa shape index (κ2) is 9.52. The normalized spacial score (nSPS) is 13.2. The lowest BCUT2D eigenvalue weighted by molar-refractivity contribution is -0.177. The summed E-state index contributed by atoms with van der Waals surface area (Å²) in [7, 11) is 0. The highest BCUT2D eigenvalue weighted by atomic mass is 19.4. The number of benzene rings is 3. The van der Waals surface area contributed by atoms with Crippen LogP contribution in [0.1, 0.15) is 22.3 Å². The molecule has 0 unspecified atom stereocenters. The van der Waals surface area contributed by atoms with Crippen LogP contribution in [0, 0.1) is 0 Å². The van der Waals surface area contributed by atoms with Crippen LogP contribution in [0.2, 0.25) is 0 Å². The highest BCUT2D eigenvalue weighted by Crippen LogP contribution is 2.55. The second-order valence-corrected chi connectivity index (χ2v) is 8.72. The summed E-state index contributed by atoms with van der Waals surface area (Å²) in [5, 5.41) is 7.74. The highest BCUT2D eigenvalue weighted by molar-refractivity contribution is 6.05. The molecule has 0 aliphatic carbocycles. The van der Waals surface area contributed by atoms with Gasteiger partial charge in [0.1, 0.15) is 11.3 Å². The molecule has 0 saturated carbocycles. The molecule has 0 atom stereocenters. The third-order valence-corrected chi connectivity index (χ3v) is 6.02. The van der Waals surface area contributed by atoms with E-state index in [-0.39, 0.29) is 22.2 Å². The molecule has 0 fully saturated rings. The lowest BCUT2D eigenvalue weighted by atomic mass is 9.94. The van der Waals surface area contributed by atoms with Crippen LogP contribution in [0.3, 0.4) is 0 Å². The first-order chi connectivity index (χ1) is 19.4. The summed E-state index contributed by atoms with van der Waals surface area (Å²) < 4.78 is 176. The van der Waals surface area contributed by atoms with Crippen LogP contribution in [0.15, 0.2) is 65.3 Å². The molecule has 4 nitrogen and oxygen atoms in total. The topological polar surface area (TPSA) is 48.2 Å². The standard InChI is InChI=1S/C26H10F12N2O2/c27-23(28,29)15-10-16(24(30,31)32)21(19(26(36,37)38)18(15)25(33,34)35)42-22-14-9-12-5-2-1-4-11(12)8-13(14)20(39-40-22)17-6-3-7-41-17/h1-10H. The smallest absolute Gasteiger partial charge is 0.420 e. The maximum absolute atomic E-state index is 14.1. The number of fused-ring (bicyclic) bond motifs is 2. The Balaban J connectivity index is 1.89. The first-order valence-corrected chi connectivity index (χ1v) is 11.3. The van der Waals surface area contributed by atoms with Crippen LogP contribution in [-0.4, -0.2) is 10.2 Å². The Morgan fingerprint density at radius 1 is 0.571 bits per heavy atom. The minimum atomic E-state index is -6.41. The van der Waals surface area contributed by atoms with Gasteiger partial charge in [0, 0.05) is 10.8 Å². The Bertz CT molecular complexity index is 1800. The van der Waals surface area contributed by atoms with E-state index in [0.717, 1.165) is 0 Å². The van der Waals surface area contributed by atoms with E-state index in [2.05, 4.69) is 10.2 Å². The average Bonchev–Trinajstić information content (AvgIpc) is 3.39. The number of aromatic nitrogens is 2. The SMILES string of the molecule is FC(F)(F)c1cc(C(F)(F)F)c(C(F)(F)F)c(C(F)(F)F)c1Oc1nnc(-c2ccco2)c2cc3ccccc3cc12. The van der Waals surface area contributed by atoms with Gasteiger partial charge in [-0.2, -0.15) is 52.7 Å². The molecule has 2 heterocycles. The van der Waals surface area contributed by atoms with Gasteiger partial charge in [0.2, 0.25) is 5.88 Å². The Labute approximate surface area is 225 Å². The van der Waals surface area contributed by atoms with E-state index in [1.54, 1.807) is 12.1 Å². The van der Waals surface area contributed by atoms with Gasteiger partial charge in [-0.1, -0.05) is 24.3 Å². The predicted octanol–water partition coefficient (Wildman–Crippen LogP) is 9.91. The number of hydrogen-bond donors (Lipinski definition) is 0. The van der Waals surface area contributed by atoms with Crippen molar-refractivity contribution in [3.63, 3.8) is 0 Å². The Morgan fingerprint density at radius 2 is 1.14 bits per heavy atom. The summed E-state index contributed by atoms with van der Waals surface area (Å²) in [4.78, 5) is 0. The van der Waals surface area contributed by atoms with Crippen molar-refractivity contribution in [2.75, 3.05) is 0 Å². The molecular weight excluding hydrogens is 600 g/mol. The van der Waals surface area contributed by atoms with Gasteiger partial charge in [-0.05, 0) is 41.1 Å². The molecule has 0 aliphatic heterocycles. The van der Waals surface area contributed by atoms with Crippen molar-refractivity contribution in [1.82, 2.24) is 10.2 Å². The van der Waals surface area contributed by atoms with Crippen molar-refractivity contribution in [1.29, 1.82) is 0 Å². The molecule has 5 rings (SSSR count). The maximum Gasteiger partial charge on any atom is 0.420 e. The van der Waals surface area contributed by atoms with Crippen molar-refractivity contribution >= 4 is 21.5 Å². The third kappa shape index (κ3) is 5.16. The lowest BCUT2D eigenvalue weighted by Gasteiger charge is -2.26. The van der Waals surface area contributed by atoms with Gasteiger partial charge < -0.3 is 9.15 Å². The number of nitrogens with zero attached hydrogens (tertiary/aromatic N) is 2. The zero-order valence-electron chi connectivity index (χ0n) is 20.0. The van der Waals surface area contributed by atoms with Gasteiger partial charge in [0.15, 0.2) is 11.5 Å². The Kier molecular flexibility index (Phi) is 6.58. The molecular formula is C26H10F12N2O2. The van der Waals surface area contributed by atoms with Gasteiger partial charge in [0.05, 0.1) is 23.0 Å². The summed E-state index contributed by atoms with van der Waals surface area (Å²) >= 11 is 0. The minimum absolute atomic E-state index is 0.0151. The van der Waals surface area contributed by atoms with Gasteiger partial charge in [-0.3, -0.25) is 0 Å². The molecule has 0 bridgehead atoms. The number of ether oxygens (including phenoxy) is 1. The molecule has 0 N–H and O–H groups in total. The molecule has 16 heteroatoms. The Morgan fingerprint density at radius 3 is 1.64 bits per heavy atom. The fourth-order valence-electron chi connectivity index (χ4n) is 4.35. The summed E-state index contributed by atoms with van der Waals surface area (Å²) in [5.74, 6) is -3.67. The first kappa shape index (κ1) is 29.0. The molecule has 42 heavy (non-hydrogen) atoms. The molecule has 3 aromatic carbocycles. The minimum Gasteiger partial charge on any atom is -0.463 e. The third-order valence-electron chi connectivity index (χ3n) is 6.02. The van der Waals surface area contributed by atoms with Crippen LogP contribution in [-0.2, 0) is 24.7 Å². The zero-order valence-corrected chi connectivity index (χ0v) is 20.0. The zero-order chi connectivity index (χ0) is 30.8. The molecule has 0 radical (unpaired) electrons. The summed E-state index contributed by atoms with van der Waals surface area (Å²) in [6.07, 6.45) is -23.9. The number of halogens is 12. The van der Waals surface area contributed by atoms with Gasteiger partial charge in [-0.25, -0.2) is 0 Å². The molecule has 0 spiro atoms. The molecule has 0 aliphatic rings. The molecule has 220 valence electrons. The molecule has 5 aromatic rings. The van der Waals surface area contributed by atoms with E-state index >= 15 is 0 Å². The number of rotatable bonds is 3. The van der Waals surface area contributed by atoms with E-state index < -0.39 is 64.7 Å². The van der Waals surface area contributed by atoms with Crippen molar-refractivity contribution in [3.05, 3.63) is 83.1 Å². The fourth-order valence-corrected chi connectivity index (χ4v) is 4.35. The van der Waals surface area contributed by atoms with E-state index in [1.807, 2.05) is 0 Å². The van der Waals surface area contributed by atoms with Crippen LogP contribution in [0.4, 0.5) is 52.7 Å². The van der Waals surface area contributed by atoms with Gasteiger partial charge in [0.25, 0.3) is 0 Å². The summed E-state index contributed by atoms with van der Waals surface area (Å²) in [6.45, 7) is 0. The number of furan rings is 1. The van der Waals surface area contributed by atoms with Gasteiger partial charge in [-0.15, -0.1) is 10.2 Å². The van der Waals surface area contributed by atoms with Crippen molar-refractivity contribution < 1.29 is 61.8 Å². The lowest BCUT2D eigenvalue weighted by Crippen LogP contribution is -2.26. The van der Waals surface area contributed by atoms with Crippen LogP contribution in [0.25, 0.3) is 33.0 Å². The number of alkyl halides is 12. The quantitative estimate of drug-likeness (QED) is 0.151. The molecule has 0 saturated heterocycles. The first-order valence-electron chi connectivity index (χ1n) is 11.3. The summed E-state index contributed by atoms with van der Waals surface area (Å²) in [6, 6.07) is 10.6. The van der Waals surface area contributed by atoms with E-state index in [1.165, 1.54) is 42.7 Å².